The highest BCUT2D eigenvalue weighted by Gasteiger charge is 2.25. The Bertz CT molecular complexity index is 682. The molecule has 19 heavy (non-hydrogen) atoms. The highest BCUT2D eigenvalue weighted by atomic mass is 32.2. The summed E-state index contributed by atoms with van der Waals surface area (Å²) in [5, 5.41) is 7.16. The van der Waals surface area contributed by atoms with Gasteiger partial charge in [-0.3, -0.25) is 5.10 Å². The molecule has 100 valence electrons. The molecule has 7 nitrogen and oxygen atoms in total. The smallest absolute Gasteiger partial charge is 0.147 e. The summed E-state index contributed by atoms with van der Waals surface area (Å²) in [5.74, 6) is 0.790. The molecule has 0 unspecified atom stereocenters. The molecule has 2 aromatic rings. The molecule has 1 aliphatic rings. The molecule has 2 heterocycles. The van der Waals surface area contributed by atoms with Gasteiger partial charge in [0.1, 0.15) is 33.8 Å². The topological polar surface area (TPSA) is 115 Å². The predicted octanol–water partition coefficient (Wildman–Crippen LogP) is 0.438. The van der Waals surface area contributed by atoms with Crippen molar-refractivity contribution in [2.24, 2.45) is 0 Å². The van der Waals surface area contributed by atoms with Gasteiger partial charge in [0.25, 0.3) is 0 Å². The first-order valence-electron chi connectivity index (χ1n) is 5.93. The van der Waals surface area contributed by atoms with Crippen molar-refractivity contribution in [2.75, 3.05) is 5.73 Å². The number of nitrogen functional groups attached to an aromatic ring is 1. The van der Waals surface area contributed by atoms with Crippen molar-refractivity contribution in [3.8, 4) is 11.4 Å². The zero-order valence-electron chi connectivity index (χ0n) is 10.0. The fourth-order valence-corrected chi connectivity index (χ4v) is 2.28. The van der Waals surface area contributed by atoms with E-state index in [0.29, 0.717) is 17.3 Å². The van der Waals surface area contributed by atoms with Gasteiger partial charge < -0.3 is 5.73 Å². The average Bonchev–Trinajstić information content (AvgIpc) is 3.05. The summed E-state index contributed by atoms with van der Waals surface area (Å²) in [6.07, 6.45) is 2.35. The average molecular weight is 279 g/mol. The number of anilines is 1. The van der Waals surface area contributed by atoms with Crippen LogP contribution >= 0.6 is 0 Å². The molecule has 0 spiro atoms. The minimum atomic E-state index is -2.57. The molecule has 0 amide bonds. The summed E-state index contributed by atoms with van der Waals surface area (Å²) in [7, 11) is -2.57. The molecule has 3 N–H and O–H groups in total. The van der Waals surface area contributed by atoms with Crippen LogP contribution in [0, 0.1) is 0 Å². The van der Waals surface area contributed by atoms with E-state index < -0.39 is 10.7 Å². The number of hydrogen-bond acceptors (Lipinski definition) is 6. The maximum Gasteiger partial charge on any atom is 0.147 e. The number of nitrogens with one attached hydrogen (secondary N) is 1. The van der Waals surface area contributed by atoms with Crippen LogP contribution in [0.2, 0.25) is 0 Å². The van der Waals surface area contributed by atoms with Crippen LogP contribution in [0.15, 0.2) is 12.1 Å². The molecule has 3 rings (SSSR count). The van der Waals surface area contributed by atoms with Crippen LogP contribution in [0.4, 0.5) is 5.82 Å². The van der Waals surface area contributed by atoms with Gasteiger partial charge in [0.2, 0.25) is 0 Å². The summed E-state index contributed by atoms with van der Waals surface area (Å²) in [6.45, 7) is 0. The van der Waals surface area contributed by atoms with Gasteiger partial charge in [-0.15, -0.1) is 0 Å². The lowest BCUT2D eigenvalue weighted by Crippen LogP contribution is -2.02. The lowest BCUT2D eigenvalue weighted by molar-refractivity contribution is 0.612. The first-order chi connectivity index (χ1) is 9.11. The van der Waals surface area contributed by atoms with E-state index >= 15 is 0 Å². The van der Waals surface area contributed by atoms with E-state index in [1.807, 2.05) is 6.07 Å². The third kappa shape index (κ3) is 2.73. The van der Waals surface area contributed by atoms with Crippen LogP contribution in [0.3, 0.4) is 0 Å². The Labute approximate surface area is 111 Å². The first-order valence-corrected chi connectivity index (χ1v) is 7.29. The summed E-state index contributed by atoms with van der Waals surface area (Å²) >= 11 is 0. The molecule has 0 atom stereocenters. The Kier molecular flexibility index (Phi) is 2.94. The van der Waals surface area contributed by atoms with E-state index in [2.05, 4.69) is 20.2 Å². The van der Waals surface area contributed by atoms with Crippen molar-refractivity contribution >= 4 is 16.5 Å². The maximum absolute atomic E-state index is 10.7. The second-order valence-electron chi connectivity index (χ2n) is 4.57. The summed E-state index contributed by atoms with van der Waals surface area (Å²) < 4.78 is 21.4. The minimum Gasteiger partial charge on any atom is -0.384 e. The largest absolute Gasteiger partial charge is 0.384 e. The fourth-order valence-electron chi connectivity index (χ4n) is 1.91. The molecule has 1 fully saturated rings. The van der Waals surface area contributed by atoms with Gasteiger partial charge in [0, 0.05) is 17.7 Å². The Morgan fingerprint density at radius 3 is 2.74 bits per heavy atom. The van der Waals surface area contributed by atoms with E-state index in [0.717, 1.165) is 5.69 Å². The molecular formula is C11H13N5O2S. The van der Waals surface area contributed by atoms with E-state index in [9.17, 15) is 8.42 Å². The van der Waals surface area contributed by atoms with Crippen molar-refractivity contribution in [3.05, 3.63) is 23.7 Å². The normalized spacial score (nSPS) is 15.0. The summed E-state index contributed by atoms with van der Waals surface area (Å²) in [5.41, 5.74) is 7.96. The fraction of sp³-hybridized carbons (Fsp3) is 0.364. The van der Waals surface area contributed by atoms with Crippen LogP contribution < -0.4 is 5.73 Å². The molecule has 2 aromatic heterocycles. The predicted molar refractivity (Wildman–Crippen MR) is 70.0 cm³/mol. The molecule has 1 aliphatic carbocycles. The summed E-state index contributed by atoms with van der Waals surface area (Å²) in [6, 6.07) is 3.52. The lowest BCUT2D eigenvalue weighted by atomic mass is 10.2. The second-order valence-corrected chi connectivity index (χ2v) is 5.55. The van der Waals surface area contributed by atoms with Crippen LogP contribution in [-0.2, 0) is 16.5 Å². The Morgan fingerprint density at radius 1 is 1.26 bits per heavy atom. The van der Waals surface area contributed by atoms with Crippen molar-refractivity contribution in [2.45, 2.75) is 24.5 Å². The SMILES string of the molecule is Nc1cc(-c2cc(C3CC3)[nH]n2)nc(C[SH](=O)=O)n1. The van der Waals surface area contributed by atoms with E-state index in [4.69, 9.17) is 5.73 Å². The van der Waals surface area contributed by atoms with Gasteiger partial charge in [0.15, 0.2) is 0 Å². The number of aromatic nitrogens is 4. The van der Waals surface area contributed by atoms with Gasteiger partial charge in [-0.2, -0.15) is 5.10 Å². The molecule has 0 aliphatic heterocycles. The van der Waals surface area contributed by atoms with Crippen LogP contribution in [0.25, 0.3) is 11.4 Å². The van der Waals surface area contributed by atoms with Gasteiger partial charge in [-0.1, -0.05) is 0 Å². The number of aromatic amines is 1. The standard InChI is InChI=1S/C11H13N5O2S/c12-10-4-8(13-11(14-10)5-19(17)18)9-3-7(15-16-9)6-1-2-6/h3-4,6,19H,1-2,5H2,(H,15,16)(H2,12,13,14). The molecule has 0 radical (unpaired) electrons. The van der Waals surface area contributed by atoms with Crippen molar-refractivity contribution < 1.29 is 8.42 Å². The molecule has 0 saturated heterocycles. The van der Waals surface area contributed by atoms with E-state index in [-0.39, 0.29) is 17.4 Å². The van der Waals surface area contributed by atoms with E-state index in [1.54, 1.807) is 6.07 Å². The van der Waals surface area contributed by atoms with Crippen LogP contribution in [-0.4, -0.2) is 28.6 Å². The molecular weight excluding hydrogens is 266 g/mol. The number of H-pyrrole nitrogens is 1. The lowest BCUT2D eigenvalue weighted by Gasteiger charge is -2.01. The molecule has 0 bridgehead atoms. The number of rotatable bonds is 4. The second kappa shape index (κ2) is 4.61. The first kappa shape index (κ1) is 12.1. The van der Waals surface area contributed by atoms with Crippen molar-refractivity contribution in [1.29, 1.82) is 0 Å². The molecule has 0 aromatic carbocycles. The number of nitrogens with zero attached hydrogens (tertiary/aromatic N) is 3. The number of nitrogens with two attached hydrogens (primary N) is 1. The van der Waals surface area contributed by atoms with Gasteiger partial charge in [-0.25, -0.2) is 18.4 Å². The molecule has 1 saturated carbocycles. The quantitative estimate of drug-likeness (QED) is 0.699. The highest BCUT2D eigenvalue weighted by Crippen LogP contribution is 2.39. The van der Waals surface area contributed by atoms with Crippen LogP contribution in [0.1, 0.15) is 30.3 Å². The Balaban J connectivity index is 1.95. The van der Waals surface area contributed by atoms with Gasteiger partial charge in [-0.05, 0) is 18.9 Å². The Hall–Kier alpha value is -1.96. The van der Waals surface area contributed by atoms with Gasteiger partial charge in [0.05, 0.1) is 5.69 Å². The number of hydrogen-bond donors (Lipinski definition) is 3. The zero-order valence-corrected chi connectivity index (χ0v) is 10.9. The van der Waals surface area contributed by atoms with E-state index in [1.165, 1.54) is 12.8 Å². The summed E-state index contributed by atoms with van der Waals surface area (Å²) in [4.78, 5) is 8.08. The van der Waals surface area contributed by atoms with Crippen molar-refractivity contribution in [3.63, 3.8) is 0 Å². The Morgan fingerprint density at radius 2 is 2.05 bits per heavy atom. The maximum atomic E-state index is 10.7. The third-order valence-electron chi connectivity index (χ3n) is 2.94. The minimum absolute atomic E-state index is 0.196. The monoisotopic (exact) mass is 279 g/mol. The zero-order chi connectivity index (χ0) is 13.4. The highest BCUT2D eigenvalue weighted by molar-refractivity contribution is 7.71. The van der Waals surface area contributed by atoms with Crippen LogP contribution in [0.5, 0.6) is 0 Å². The third-order valence-corrected chi connectivity index (χ3v) is 3.48. The molecule has 8 heteroatoms. The van der Waals surface area contributed by atoms with Crippen molar-refractivity contribution in [1.82, 2.24) is 20.2 Å². The van der Waals surface area contributed by atoms with Gasteiger partial charge >= 0.3 is 0 Å². The number of thiol groups is 1.